The first-order valence-electron chi connectivity index (χ1n) is 4.38. The third-order valence-corrected chi connectivity index (χ3v) is 1.79. The van der Waals surface area contributed by atoms with Crippen molar-refractivity contribution in [2.24, 2.45) is 5.10 Å². The average Bonchev–Trinajstić information content (AvgIpc) is 2.26. The van der Waals surface area contributed by atoms with Gasteiger partial charge in [0.15, 0.2) is 0 Å². The number of ether oxygens (including phenoxy) is 1. The molecule has 0 aliphatic rings. The second kappa shape index (κ2) is 4.99. The number of hydrogen-bond acceptors (Lipinski definition) is 5. The molecule has 0 spiro atoms. The zero-order valence-electron chi connectivity index (χ0n) is 8.65. The Bertz CT molecular complexity index is 388. The van der Waals surface area contributed by atoms with Crippen molar-refractivity contribution in [3.63, 3.8) is 0 Å². The van der Waals surface area contributed by atoms with Gasteiger partial charge in [0, 0.05) is 0 Å². The summed E-state index contributed by atoms with van der Waals surface area (Å²) in [5.74, 6) is -0.475. The highest BCUT2D eigenvalue weighted by atomic mass is 16.5. The molecule has 0 amide bonds. The molecular formula is C10H13N3O2. The van der Waals surface area contributed by atoms with Crippen LogP contribution in [0.5, 0.6) is 0 Å². The van der Waals surface area contributed by atoms with E-state index < -0.39 is 5.97 Å². The van der Waals surface area contributed by atoms with Crippen LogP contribution in [0.2, 0.25) is 0 Å². The van der Waals surface area contributed by atoms with E-state index in [1.54, 1.807) is 19.1 Å². The van der Waals surface area contributed by atoms with Gasteiger partial charge in [-0.1, -0.05) is 12.1 Å². The van der Waals surface area contributed by atoms with Crippen molar-refractivity contribution in [3.05, 3.63) is 24.3 Å². The molecule has 0 aromatic heterocycles. The van der Waals surface area contributed by atoms with Gasteiger partial charge in [0.25, 0.3) is 0 Å². The summed E-state index contributed by atoms with van der Waals surface area (Å²) in [4.78, 5) is 11.0. The van der Waals surface area contributed by atoms with Crippen molar-refractivity contribution in [2.75, 3.05) is 18.3 Å². The second-order valence-electron chi connectivity index (χ2n) is 2.89. The maximum Gasteiger partial charge on any atom is 0.353 e. The van der Waals surface area contributed by atoms with Crippen molar-refractivity contribution < 1.29 is 9.53 Å². The fraction of sp³-hybridized carbons (Fsp3) is 0.200. The first-order chi connectivity index (χ1) is 7.15. The molecule has 0 aliphatic carbocycles. The van der Waals surface area contributed by atoms with Crippen molar-refractivity contribution >= 4 is 23.1 Å². The highest BCUT2D eigenvalue weighted by Crippen LogP contribution is 2.16. The summed E-state index contributed by atoms with van der Waals surface area (Å²) in [6.07, 6.45) is 0. The SMILES string of the molecule is COC(=O)/C(C)=N/Nc1ccccc1N. The van der Waals surface area contributed by atoms with Crippen LogP contribution >= 0.6 is 0 Å². The quantitative estimate of drug-likeness (QED) is 0.338. The molecule has 80 valence electrons. The highest BCUT2D eigenvalue weighted by molar-refractivity contribution is 6.35. The van der Waals surface area contributed by atoms with Crippen LogP contribution in [-0.2, 0) is 9.53 Å². The molecule has 0 saturated heterocycles. The highest BCUT2D eigenvalue weighted by Gasteiger charge is 2.04. The number of anilines is 2. The van der Waals surface area contributed by atoms with Gasteiger partial charge in [-0.05, 0) is 19.1 Å². The van der Waals surface area contributed by atoms with Gasteiger partial charge in [-0.15, -0.1) is 0 Å². The topological polar surface area (TPSA) is 76.7 Å². The molecule has 5 nitrogen and oxygen atoms in total. The van der Waals surface area contributed by atoms with E-state index in [0.717, 1.165) is 0 Å². The normalized spacial score (nSPS) is 10.9. The summed E-state index contributed by atoms with van der Waals surface area (Å²) < 4.78 is 4.49. The Morgan fingerprint density at radius 2 is 2.13 bits per heavy atom. The van der Waals surface area contributed by atoms with Gasteiger partial charge in [0.2, 0.25) is 0 Å². The van der Waals surface area contributed by atoms with Crippen molar-refractivity contribution in [1.29, 1.82) is 0 Å². The van der Waals surface area contributed by atoms with Crippen molar-refractivity contribution in [1.82, 2.24) is 0 Å². The molecule has 0 atom stereocenters. The van der Waals surface area contributed by atoms with E-state index in [1.807, 2.05) is 12.1 Å². The third-order valence-electron chi connectivity index (χ3n) is 1.79. The summed E-state index contributed by atoms with van der Waals surface area (Å²) in [7, 11) is 1.30. The molecule has 0 saturated carbocycles. The Morgan fingerprint density at radius 3 is 2.73 bits per heavy atom. The van der Waals surface area contributed by atoms with Crippen LogP contribution in [0.3, 0.4) is 0 Å². The van der Waals surface area contributed by atoms with E-state index in [0.29, 0.717) is 11.4 Å². The van der Waals surface area contributed by atoms with E-state index in [4.69, 9.17) is 5.73 Å². The molecule has 3 N–H and O–H groups in total. The largest absolute Gasteiger partial charge is 0.464 e. The fourth-order valence-electron chi connectivity index (χ4n) is 0.936. The second-order valence-corrected chi connectivity index (χ2v) is 2.89. The number of nitrogen functional groups attached to an aromatic ring is 1. The minimum atomic E-state index is -0.475. The van der Waals surface area contributed by atoms with Crippen LogP contribution in [0.15, 0.2) is 29.4 Å². The lowest BCUT2D eigenvalue weighted by molar-refractivity contribution is -0.132. The molecule has 0 unspecified atom stereocenters. The number of methoxy groups -OCH3 is 1. The van der Waals surface area contributed by atoms with Crippen LogP contribution in [0.4, 0.5) is 11.4 Å². The van der Waals surface area contributed by atoms with Crippen molar-refractivity contribution in [3.8, 4) is 0 Å². The van der Waals surface area contributed by atoms with Crippen LogP contribution in [0.25, 0.3) is 0 Å². The smallest absolute Gasteiger partial charge is 0.353 e. The van der Waals surface area contributed by atoms with Crippen LogP contribution in [0.1, 0.15) is 6.92 Å². The number of nitrogens with two attached hydrogens (primary N) is 1. The minimum Gasteiger partial charge on any atom is -0.464 e. The van der Waals surface area contributed by atoms with Crippen LogP contribution < -0.4 is 11.2 Å². The molecule has 0 heterocycles. The standard InChI is InChI=1S/C10H13N3O2/c1-7(10(14)15-2)12-13-9-6-4-3-5-8(9)11/h3-6,13H,11H2,1-2H3/b12-7+. The van der Waals surface area contributed by atoms with Crippen LogP contribution in [0, 0.1) is 0 Å². The Morgan fingerprint density at radius 1 is 1.47 bits per heavy atom. The molecule has 1 rings (SSSR count). The van der Waals surface area contributed by atoms with E-state index in [9.17, 15) is 4.79 Å². The third kappa shape index (κ3) is 2.98. The molecule has 5 heteroatoms. The fourth-order valence-corrected chi connectivity index (χ4v) is 0.936. The lowest BCUT2D eigenvalue weighted by Gasteiger charge is -2.04. The minimum absolute atomic E-state index is 0.237. The number of benzene rings is 1. The molecular weight excluding hydrogens is 194 g/mol. The Labute approximate surface area is 87.9 Å². The summed E-state index contributed by atoms with van der Waals surface area (Å²) in [6.45, 7) is 1.55. The Hall–Kier alpha value is -2.04. The average molecular weight is 207 g/mol. The zero-order chi connectivity index (χ0) is 11.3. The maximum absolute atomic E-state index is 11.0. The van der Waals surface area contributed by atoms with E-state index in [1.165, 1.54) is 7.11 Å². The molecule has 15 heavy (non-hydrogen) atoms. The number of hydrogen-bond donors (Lipinski definition) is 2. The first-order valence-corrected chi connectivity index (χ1v) is 4.38. The molecule has 0 fully saturated rings. The number of nitrogens with zero attached hydrogens (tertiary/aromatic N) is 1. The predicted molar refractivity (Wildman–Crippen MR) is 59.6 cm³/mol. The summed E-state index contributed by atoms with van der Waals surface area (Å²) in [6, 6.07) is 7.15. The number of carbonyl (C=O) groups excluding carboxylic acids is 1. The first kappa shape index (κ1) is 11.0. The lowest BCUT2D eigenvalue weighted by atomic mass is 10.3. The number of para-hydroxylation sites is 2. The van der Waals surface area contributed by atoms with E-state index in [-0.39, 0.29) is 5.71 Å². The van der Waals surface area contributed by atoms with Crippen LogP contribution in [-0.4, -0.2) is 18.8 Å². The van der Waals surface area contributed by atoms with Gasteiger partial charge in [-0.3, -0.25) is 5.43 Å². The molecule has 1 aromatic carbocycles. The van der Waals surface area contributed by atoms with Gasteiger partial charge in [0.1, 0.15) is 5.71 Å². The van der Waals surface area contributed by atoms with Gasteiger partial charge in [-0.25, -0.2) is 4.79 Å². The van der Waals surface area contributed by atoms with Gasteiger partial charge in [0.05, 0.1) is 18.5 Å². The maximum atomic E-state index is 11.0. The van der Waals surface area contributed by atoms with Gasteiger partial charge < -0.3 is 10.5 Å². The summed E-state index contributed by atoms with van der Waals surface area (Å²) in [5, 5.41) is 3.84. The monoisotopic (exact) mass is 207 g/mol. The van der Waals surface area contributed by atoms with Crippen molar-refractivity contribution in [2.45, 2.75) is 6.92 Å². The lowest BCUT2D eigenvalue weighted by Crippen LogP contribution is -2.13. The number of hydrazone groups is 1. The molecule has 0 aliphatic heterocycles. The van der Waals surface area contributed by atoms with Gasteiger partial charge >= 0.3 is 5.97 Å². The number of esters is 1. The Kier molecular flexibility index (Phi) is 3.68. The van der Waals surface area contributed by atoms with E-state index in [2.05, 4.69) is 15.3 Å². The van der Waals surface area contributed by atoms with E-state index >= 15 is 0 Å². The molecule has 0 radical (unpaired) electrons. The van der Waals surface area contributed by atoms with Gasteiger partial charge in [-0.2, -0.15) is 5.10 Å². The Balaban J connectivity index is 2.72. The summed E-state index contributed by atoms with van der Waals surface area (Å²) in [5.41, 5.74) is 9.82. The molecule has 1 aromatic rings. The zero-order valence-corrected chi connectivity index (χ0v) is 8.65. The predicted octanol–water partition coefficient (Wildman–Crippen LogP) is 1.23. The summed E-state index contributed by atoms with van der Waals surface area (Å²) >= 11 is 0. The number of carbonyl (C=O) groups is 1. The number of rotatable bonds is 3. The molecule has 0 bridgehead atoms. The number of nitrogens with one attached hydrogen (secondary N) is 1.